The number of ether oxygens (including phenoxy) is 1. The van der Waals surface area contributed by atoms with Crippen molar-refractivity contribution in [2.45, 2.75) is 39.7 Å². The second kappa shape index (κ2) is 7.48. The molecule has 1 aromatic carbocycles. The first-order valence-corrected chi connectivity index (χ1v) is 8.46. The first kappa shape index (κ1) is 18.4. The Morgan fingerprint density at radius 1 is 1.37 bits per heavy atom. The Hall–Kier alpha value is -3.36. The van der Waals surface area contributed by atoms with E-state index >= 15 is 0 Å². The molecule has 0 fully saturated rings. The summed E-state index contributed by atoms with van der Waals surface area (Å²) in [7, 11) is 0. The molecule has 0 radical (unpaired) electrons. The molecule has 27 heavy (non-hydrogen) atoms. The van der Waals surface area contributed by atoms with E-state index in [0.717, 1.165) is 17.0 Å². The van der Waals surface area contributed by atoms with Crippen molar-refractivity contribution in [2.75, 3.05) is 0 Å². The van der Waals surface area contributed by atoms with Crippen molar-refractivity contribution in [3.63, 3.8) is 0 Å². The van der Waals surface area contributed by atoms with Crippen LogP contribution in [0, 0.1) is 24.0 Å². The van der Waals surface area contributed by atoms with Gasteiger partial charge in [0.1, 0.15) is 12.4 Å². The van der Waals surface area contributed by atoms with Crippen molar-refractivity contribution in [2.24, 2.45) is 0 Å². The van der Waals surface area contributed by atoms with E-state index in [2.05, 4.69) is 15.1 Å². The maximum absolute atomic E-state index is 12.2. The molecule has 3 aromatic rings. The number of esters is 1. The van der Waals surface area contributed by atoms with E-state index in [1.54, 1.807) is 23.6 Å². The van der Waals surface area contributed by atoms with Crippen LogP contribution in [0.25, 0.3) is 5.78 Å². The van der Waals surface area contributed by atoms with Crippen LogP contribution in [-0.2, 0) is 16.0 Å². The number of carbonyl (C=O) groups excluding carboxylic acids is 1. The summed E-state index contributed by atoms with van der Waals surface area (Å²) in [6, 6.07) is 6.08. The van der Waals surface area contributed by atoms with Gasteiger partial charge < -0.3 is 4.74 Å². The van der Waals surface area contributed by atoms with Crippen LogP contribution >= 0.6 is 0 Å². The Morgan fingerprint density at radius 3 is 2.89 bits per heavy atom. The van der Waals surface area contributed by atoms with E-state index in [0.29, 0.717) is 17.8 Å². The molecular weight excluding hydrogens is 350 g/mol. The molecule has 9 heteroatoms. The zero-order valence-electron chi connectivity index (χ0n) is 15.2. The van der Waals surface area contributed by atoms with E-state index in [9.17, 15) is 14.9 Å². The molecule has 0 bridgehead atoms. The number of hydrogen-bond donors (Lipinski definition) is 0. The van der Waals surface area contributed by atoms with Crippen LogP contribution in [0.4, 0.5) is 5.69 Å². The lowest BCUT2D eigenvalue weighted by molar-refractivity contribution is -0.385. The van der Waals surface area contributed by atoms with E-state index in [1.807, 2.05) is 13.8 Å². The minimum Gasteiger partial charge on any atom is -0.458 e. The van der Waals surface area contributed by atoms with Crippen molar-refractivity contribution in [3.05, 3.63) is 63.2 Å². The van der Waals surface area contributed by atoms with Crippen LogP contribution in [-0.4, -0.2) is 30.5 Å². The molecule has 0 amide bonds. The molecular formula is C18H19N5O4. The molecule has 3 rings (SSSR count). The molecule has 140 valence electrons. The predicted octanol–water partition coefficient (Wildman–Crippen LogP) is 2.89. The molecule has 0 aliphatic carbocycles. The van der Waals surface area contributed by atoms with E-state index in [-0.39, 0.29) is 18.1 Å². The van der Waals surface area contributed by atoms with Crippen molar-refractivity contribution in [1.82, 2.24) is 19.6 Å². The molecule has 2 heterocycles. The van der Waals surface area contributed by atoms with Crippen LogP contribution < -0.4 is 0 Å². The molecule has 0 saturated heterocycles. The molecule has 0 aliphatic rings. The van der Waals surface area contributed by atoms with Crippen LogP contribution in [0.3, 0.4) is 0 Å². The summed E-state index contributed by atoms with van der Waals surface area (Å²) in [6.45, 7) is 5.47. The fraction of sp³-hybridized carbons (Fsp3) is 0.333. The molecule has 0 saturated carbocycles. The number of non-ortho nitro benzene ring substituents is 1. The lowest BCUT2D eigenvalue weighted by atomic mass is 10.1. The molecule has 0 spiro atoms. The highest BCUT2D eigenvalue weighted by molar-refractivity contribution is 5.70. The lowest BCUT2D eigenvalue weighted by Crippen LogP contribution is -2.12. The standard InChI is InChI=1S/C18H19N5O4/c1-11-16(12(2)22-18(21-11)19-10-20-22)7-8-17(24)27-13(3)14-5-4-6-15(9-14)23(25)26/h4-6,9-10,13H,7-8H2,1-3H3/t13-/m0/s1. The maximum Gasteiger partial charge on any atom is 0.306 e. The van der Waals surface area contributed by atoms with Gasteiger partial charge in [0.25, 0.3) is 11.5 Å². The number of aromatic nitrogens is 4. The van der Waals surface area contributed by atoms with Gasteiger partial charge in [0.15, 0.2) is 0 Å². The second-order valence-electron chi connectivity index (χ2n) is 6.22. The summed E-state index contributed by atoms with van der Waals surface area (Å²) in [4.78, 5) is 31.1. The monoisotopic (exact) mass is 369 g/mol. The molecule has 2 aromatic heterocycles. The van der Waals surface area contributed by atoms with Crippen molar-refractivity contribution in [3.8, 4) is 0 Å². The third kappa shape index (κ3) is 3.91. The van der Waals surface area contributed by atoms with E-state index < -0.39 is 11.0 Å². The van der Waals surface area contributed by atoms with Crippen LogP contribution in [0.1, 0.15) is 42.0 Å². The van der Waals surface area contributed by atoms with E-state index in [1.165, 1.54) is 18.5 Å². The fourth-order valence-corrected chi connectivity index (χ4v) is 2.96. The van der Waals surface area contributed by atoms with E-state index in [4.69, 9.17) is 4.74 Å². The summed E-state index contributed by atoms with van der Waals surface area (Å²) in [5.41, 5.74) is 3.15. The minimum atomic E-state index is -0.574. The Labute approximate surface area is 155 Å². The van der Waals surface area contributed by atoms with Crippen LogP contribution in [0.2, 0.25) is 0 Å². The smallest absolute Gasteiger partial charge is 0.306 e. The number of rotatable bonds is 6. The van der Waals surface area contributed by atoms with Crippen LogP contribution in [0.15, 0.2) is 30.6 Å². The van der Waals surface area contributed by atoms with Gasteiger partial charge in [-0.3, -0.25) is 14.9 Å². The number of fused-ring (bicyclic) bond motifs is 1. The highest BCUT2D eigenvalue weighted by Crippen LogP contribution is 2.23. The zero-order chi connectivity index (χ0) is 19.6. The molecule has 0 aliphatic heterocycles. The first-order chi connectivity index (χ1) is 12.9. The average molecular weight is 369 g/mol. The van der Waals surface area contributed by atoms with Gasteiger partial charge in [0, 0.05) is 29.9 Å². The van der Waals surface area contributed by atoms with Gasteiger partial charge >= 0.3 is 5.97 Å². The zero-order valence-corrected chi connectivity index (χ0v) is 15.2. The van der Waals surface area contributed by atoms with Gasteiger partial charge in [-0.1, -0.05) is 12.1 Å². The Morgan fingerprint density at radius 2 is 2.15 bits per heavy atom. The third-order valence-electron chi connectivity index (χ3n) is 4.43. The number of hydrogen-bond acceptors (Lipinski definition) is 7. The number of nitro benzene ring substituents is 1. The van der Waals surface area contributed by atoms with Crippen LogP contribution in [0.5, 0.6) is 0 Å². The minimum absolute atomic E-state index is 0.0335. The van der Waals surface area contributed by atoms with Gasteiger partial charge in [-0.25, -0.2) is 9.50 Å². The number of benzene rings is 1. The number of aryl methyl sites for hydroxylation is 2. The summed E-state index contributed by atoms with van der Waals surface area (Å²) in [5, 5.41) is 15.0. The number of carbonyl (C=O) groups is 1. The Balaban J connectivity index is 1.66. The highest BCUT2D eigenvalue weighted by atomic mass is 16.6. The van der Waals surface area contributed by atoms with Crippen molar-refractivity contribution in [1.29, 1.82) is 0 Å². The first-order valence-electron chi connectivity index (χ1n) is 8.46. The van der Waals surface area contributed by atoms with Crippen molar-refractivity contribution >= 4 is 17.4 Å². The quantitative estimate of drug-likeness (QED) is 0.373. The topological polar surface area (TPSA) is 113 Å². The average Bonchev–Trinajstić information content (AvgIpc) is 3.10. The lowest BCUT2D eigenvalue weighted by Gasteiger charge is -2.14. The summed E-state index contributed by atoms with van der Waals surface area (Å²) in [5.74, 6) is 0.141. The normalized spacial score (nSPS) is 12.1. The Kier molecular flexibility index (Phi) is 5.11. The maximum atomic E-state index is 12.2. The number of nitrogens with zero attached hydrogens (tertiary/aromatic N) is 5. The SMILES string of the molecule is Cc1nc2ncnn2c(C)c1CCC(=O)O[C@@H](C)c1cccc([N+](=O)[O-])c1. The number of nitro groups is 1. The summed E-state index contributed by atoms with van der Waals surface area (Å²) >= 11 is 0. The predicted molar refractivity (Wildman–Crippen MR) is 96.2 cm³/mol. The van der Waals surface area contributed by atoms with Crippen molar-refractivity contribution < 1.29 is 14.5 Å². The summed E-state index contributed by atoms with van der Waals surface area (Å²) < 4.78 is 7.07. The largest absolute Gasteiger partial charge is 0.458 e. The molecule has 1 atom stereocenters. The third-order valence-corrected chi connectivity index (χ3v) is 4.43. The van der Waals surface area contributed by atoms with Gasteiger partial charge in [-0.15, -0.1) is 0 Å². The molecule has 9 nitrogen and oxygen atoms in total. The van der Waals surface area contributed by atoms with Gasteiger partial charge in [-0.2, -0.15) is 10.1 Å². The van der Waals surface area contributed by atoms with Gasteiger partial charge in [0.05, 0.1) is 4.92 Å². The fourth-order valence-electron chi connectivity index (χ4n) is 2.96. The molecule has 0 unspecified atom stereocenters. The van der Waals surface area contributed by atoms with Gasteiger partial charge in [0.2, 0.25) is 0 Å². The van der Waals surface area contributed by atoms with Gasteiger partial charge in [-0.05, 0) is 38.3 Å². The summed E-state index contributed by atoms with van der Waals surface area (Å²) in [6.07, 6.45) is 1.49. The molecule has 0 N–H and O–H groups in total. The second-order valence-corrected chi connectivity index (χ2v) is 6.22. The highest BCUT2D eigenvalue weighted by Gasteiger charge is 2.17. The Bertz CT molecular complexity index is 1010.